The van der Waals surface area contributed by atoms with Gasteiger partial charge in [-0.25, -0.2) is 0 Å². The van der Waals surface area contributed by atoms with Gasteiger partial charge in [-0.1, -0.05) is 39.0 Å². The number of hydrogen-bond acceptors (Lipinski definition) is 4. The number of carboxylic acids is 1. The van der Waals surface area contributed by atoms with Gasteiger partial charge in [0.1, 0.15) is 17.7 Å². The van der Waals surface area contributed by atoms with Gasteiger partial charge in [0.2, 0.25) is 0 Å². The predicted molar refractivity (Wildman–Crippen MR) is 87.7 cm³/mol. The molecule has 1 aromatic carbocycles. The highest BCUT2D eigenvalue weighted by Gasteiger charge is 2.19. The summed E-state index contributed by atoms with van der Waals surface area (Å²) < 4.78 is 0. The Morgan fingerprint density at radius 3 is 2.43 bits per heavy atom. The third-order valence-electron chi connectivity index (χ3n) is 3.19. The summed E-state index contributed by atoms with van der Waals surface area (Å²) in [5.74, 6) is -1.90. The molecule has 0 saturated heterocycles. The number of benzene rings is 1. The molecule has 1 unspecified atom stereocenters. The van der Waals surface area contributed by atoms with Gasteiger partial charge in [0.05, 0.1) is 0 Å². The fourth-order valence-electron chi connectivity index (χ4n) is 1.90. The average molecular weight is 315 g/mol. The van der Waals surface area contributed by atoms with E-state index in [0.717, 1.165) is 11.3 Å². The third kappa shape index (κ3) is 5.15. The standard InChI is InChI=1S/C17H21N3O3/c1-11(16(22)23)20-15(21)12(9-18)10-19-14-8-6-5-7-13(14)17(2,3)4/h5-8,10-11,19H,1-4H3,(H,20,21)(H,22,23)/b12-10-. The molecule has 0 saturated carbocycles. The lowest BCUT2D eigenvalue weighted by Crippen LogP contribution is -2.39. The second-order valence-corrected chi connectivity index (χ2v) is 6.14. The number of aliphatic carboxylic acids is 1. The van der Waals surface area contributed by atoms with Crippen molar-refractivity contribution in [2.75, 3.05) is 5.32 Å². The quantitative estimate of drug-likeness (QED) is 0.572. The van der Waals surface area contributed by atoms with Crippen LogP contribution in [-0.4, -0.2) is 23.0 Å². The molecule has 1 amide bonds. The lowest BCUT2D eigenvalue weighted by Gasteiger charge is -2.22. The molecule has 0 aliphatic heterocycles. The number of carbonyl (C=O) groups excluding carboxylic acids is 1. The maximum Gasteiger partial charge on any atom is 0.325 e. The van der Waals surface area contributed by atoms with E-state index in [2.05, 4.69) is 31.4 Å². The van der Waals surface area contributed by atoms with Crippen molar-refractivity contribution in [3.05, 3.63) is 41.6 Å². The van der Waals surface area contributed by atoms with E-state index in [1.165, 1.54) is 13.1 Å². The van der Waals surface area contributed by atoms with Crippen molar-refractivity contribution in [1.29, 1.82) is 5.26 Å². The molecule has 0 heterocycles. The van der Waals surface area contributed by atoms with Gasteiger partial charge in [0, 0.05) is 11.9 Å². The Labute approximate surface area is 135 Å². The van der Waals surface area contributed by atoms with Gasteiger partial charge < -0.3 is 15.7 Å². The summed E-state index contributed by atoms with van der Waals surface area (Å²) in [5.41, 5.74) is 1.52. The normalized spacial score (nSPS) is 12.9. The Morgan fingerprint density at radius 2 is 1.91 bits per heavy atom. The summed E-state index contributed by atoms with van der Waals surface area (Å²) >= 11 is 0. The number of para-hydroxylation sites is 1. The third-order valence-corrected chi connectivity index (χ3v) is 3.19. The molecule has 0 aromatic heterocycles. The van der Waals surface area contributed by atoms with Crippen LogP contribution in [0.4, 0.5) is 5.69 Å². The van der Waals surface area contributed by atoms with Crippen molar-refractivity contribution >= 4 is 17.6 Å². The number of carbonyl (C=O) groups is 2. The molecular formula is C17H21N3O3. The van der Waals surface area contributed by atoms with Gasteiger partial charge in [-0.3, -0.25) is 9.59 Å². The van der Waals surface area contributed by atoms with Gasteiger partial charge in [0.15, 0.2) is 0 Å². The van der Waals surface area contributed by atoms with Crippen LogP contribution in [0.1, 0.15) is 33.3 Å². The second kappa shape index (κ2) is 7.45. The van der Waals surface area contributed by atoms with Crippen LogP contribution in [-0.2, 0) is 15.0 Å². The topological polar surface area (TPSA) is 102 Å². The van der Waals surface area contributed by atoms with Crippen molar-refractivity contribution in [3.8, 4) is 6.07 Å². The summed E-state index contributed by atoms with van der Waals surface area (Å²) in [5, 5.41) is 23.1. The van der Waals surface area contributed by atoms with E-state index in [1.54, 1.807) is 6.07 Å². The summed E-state index contributed by atoms with van der Waals surface area (Å²) in [7, 11) is 0. The number of nitriles is 1. The van der Waals surface area contributed by atoms with Crippen LogP contribution in [0.15, 0.2) is 36.0 Å². The summed E-state index contributed by atoms with van der Waals surface area (Å²) in [6.07, 6.45) is 1.29. The zero-order valence-corrected chi connectivity index (χ0v) is 13.7. The number of hydrogen-bond donors (Lipinski definition) is 3. The second-order valence-electron chi connectivity index (χ2n) is 6.14. The van der Waals surface area contributed by atoms with Gasteiger partial charge in [-0.15, -0.1) is 0 Å². The van der Waals surface area contributed by atoms with E-state index >= 15 is 0 Å². The summed E-state index contributed by atoms with van der Waals surface area (Å²) in [6.45, 7) is 7.51. The number of carboxylic acid groups (broad SMARTS) is 1. The molecule has 6 heteroatoms. The summed E-state index contributed by atoms with van der Waals surface area (Å²) in [4.78, 5) is 22.6. The van der Waals surface area contributed by atoms with Crippen LogP contribution in [0.2, 0.25) is 0 Å². The Hall–Kier alpha value is -2.81. The van der Waals surface area contributed by atoms with E-state index in [9.17, 15) is 9.59 Å². The smallest absolute Gasteiger partial charge is 0.325 e. The minimum atomic E-state index is -1.17. The van der Waals surface area contributed by atoms with Gasteiger partial charge in [-0.2, -0.15) is 5.26 Å². The fraction of sp³-hybridized carbons (Fsp3) is 0.353. The van der Waals surface area contributed by atoms with Crippen LogP contribution in [0.3, 0.4) is 0 Å². The molecule has 3 N–H and O–H groups in total. The zero-order chi connectivity index (χ0) is 17.6. The van der Waals surface area contributed by atoms with Crippen molar-refractivity contribution in [2.45, 2.75) is 39.2 Å². The number of amides is 1. The molecule has 1 atom stereocenters. The van der Waals surface area contributed by atoms with Crippen molar-refractivity contribution < 1.29 is 14.7 Å². The van der Waals surface area contributed by atoms with Crippen molar-refractivity contribution in [2.24, 2.45) is 0 Å². The van der Waals surface area contributed by atoms with Crippen LogP contribution in [0.25, 0.3) is 0 Å². The number of nitrogens with one attached hydrogen (secondary N) is 2. The first-order valence-corrected chi connectivity index (χ1v) is 7.16. The first-order chi connectivity index (χ1) is 10.7. The molecule has 0 bridgehead atoms. The van der Waals surface area contributed by atoms with Crippen molar-refractivity contribution in [1.82, 2.24) is 5.32 Å². The lowest BCUT2D eigenvalue weighted by atomic mass is 9.86. The maximum absolute atomic E-state index is 11.9. The molecule has 0 aliphatic rings. The predicted octanol–water partition coefficient (Wildman–Crippen LogP) is 2.39. The maximum atomic E-state index is 11.9. The van der Waals surface area contributed by atoms with Crippen molar-refractivity contribution in [3.63, 3.8) is 0 Å². The first-order valence-electron chi connectivity index (χ1n) is 7.16. The molecule has 1 rings (SSSR count). The number of anilines is 1. The van der Waals surface area contributed by atoms with Crippen LogP contribution < -0.4 is 10.6 Å². The summed E-state index contributed by atoms with van der Waals surface area (Å²) in [6, 6.07) is 8.29. The number of rotatable bonds is 5. The van der Waals surface area contributed by atoms with E-state index in [-0.39, 0.29) is 11.0 Å². The Kier molecular flexibility index (Phi) is 5.91. The highest BCUT2D eigenvalue weighted by Crippen LogP contribution is 2.29. The van der Waals surface area contributed by atoms with Gasteiger partial charge in [-0.05, 0) is 24.0 Å². The molecule has 6 nitrogen and oxygen atoms in total. The Morgan fingerprint density at radius 1 is 1.30 bits per heavy atom. The molecule has 0 aliphatic carbocycles. The largest absolute Gasteiger partial charge is 0.480 e. The molecule has 0 fully saturated rings. The Balaban J connectivity index is 2.97. The monoisotopic (exact) mass is 315 g/mol. The van der Waals surface area contributed by atoms with Crippen LogP contribution in [0.5, 0.6) is 0 Å². The molecule has 0 spiro atoms. The van der Waals surface area contributed by atoms with E-state index in [1.807, 2.05) is 24.3 Å². The molecule has 1 aromatic rings. The van der Waals surface area contributed by atoms with Gasteiger partial charge in [0.25, 0.3) is 5.91 Å². The SMILES string of the molecule is CC(NC(=O)/C(C#N)=C\Nc1ccccc1C(C)(C)C)C(=O)O. The highest BCUT2D eigenvalue weighted by atomic mass is 16.4. The molecule has 122 valence electrons. The zero-order valence-electron chi connectivity index (χ0n) is 13.7. The molecular weight excluding hydrogens is 294 g/mol. The van der Waals surface area contributed by atoms with E-state index in [4.69, 9.17) is 10.4 Å². The van der Waals surface area contributed by atoms with Crippen LogP contribution >= 0.6 is 0 Å². The average Bonchev–Trinajstić information content (AvgIpc) is 2.47. The van der Waals surface area contributed by atoms with E-state index in [0.29, 0.717) is 0 Å². The highest BCUT2D eigenvalue weighted by molar-refractivity contribution is 5.99. The van der Waals surface area contributed by atoms with Crippen LogP contribution in [0, 0.1) is 11.3 Å². The first kappa shape index (κ1) is 18.2. The minimum Gasteiger partial charge on any atom is -0.480 e. The molecule has 23 heavy (non-hydrogen) atoms. The molecule has 0 radical (unpaired) electrons. The van der Waals surface area contributed by atoms with E-state index < -0.39 is 17.9 Å². The Bertz CT molecular complexity index is 666. The minimum absolute atomic E-state index is 0.107. The lowest BCUT2D eigenvalue weighted by molar-refractivity contribution is -0.140. The van der Waals surface area contributed by atoms with Gasteiger partial charge >= 0.3 is 5.97 Å². The fourth-order valence-corrected chi connectivity index (χ4v) is 1.90. The number of nitrogens with zero attached hydrogens (tertiary/aromatic N) is 1.